The van der Waals surface area contributed by atoms with Gasteiger partial charge in [0.25, 0.3) is 0 Å². The summed E-state index contributed by atoms with van der Waals surface area (Å²) >= 11 is 1.87. The van der Waals surface area contributed by atoms with Crippen molar-refractivity contribution in [2.45, 2.75) is 51.6 Å². The fourth-order valence-electron chi connectivity index (χ4n) is 1.28. The lowest BCUT2D eigenvalue weighted by atomic mass is 10.1. The summed E-state index contributed by atoms with van der Waals surface area (Å²) in [4.78, 5) is 5.82. The van der Waals surface area contributed by atoms with Crippen molar-refractivity contribution in [1.29, 1.82) is 0 Å². The molecule has 0 spiro atoms. The second kappa shape index (κ2) is 3.63. The molecule has 0 atom stereocenters. The van der Waals surface area contributed by atoms with Crippen LogP contribution < -0.4 is 5.32 Å². The topological polar surface area (TPSA) is 24.9 Å². The molecule has 1 N–H and O–H groups in total. The number of rotatable bonds is 3. The van der Waals surface area contributed by atoms with Crippen LogP contribution in [0, 0.1) is 0 Å². The third kappa shape index (κ3) is 2.79. The van der Waals surface area contributed by atoms with Gasteiger partial charge in [-0.2, -0.15) is 0 Å². The van der Waals surface area contributed by atoms with Gasteiger partial charge in [-0.05, 0) is 33.6 Å². The Morgan fingerprint density at radius 1 is 1.50 bits per heavy atom. The second-order valence-corrected chi connectivity index (χ2v) is 6.19. The average molecular weight is 210 g/mol. The molecule has 1 aromatic heterocycles. The van der Waals surface area contributed by atoms with E-state index in [0.29, 0.717) is 0 Å². The van der Waals surface area contributed by atoms with E-state index >= 15 is 0 Å². The number of hydrogen-bond acceptors (Lipinski definition) is 3. The van der Waals surface area contributed by atoms with Crippen molar-refractivity contribution in [2.24, 2.45) is 0 Å². The number of nitrogens with zero attached hydrogens (tertiary/aromatic N) is 1. The first-order valence-electron chi connectivity index (χ1n) is 5.24. The molecule has 1 aliphatic carbocycles. The third-order valence-corrected chi connectivity index (χ3v) is 3.45. The zero-order valence-corrected chi connectivity index (χ0v) is 9.95. The summed E-state index contributed by atoms with van der Waals surface area (Å²) in [5.41, 5.74) is 0.198. The van der Waals surface area contributed by atoms with Gasteiger partial charge in [0.15, 0.2) is 0 Å². The standard InChI is InChI=1S/C11H18N2S/c1-11(2,3)13-7-9-6-12-10(14-9)8-4-5-8/h6,8,13H,4-5,7H2,1-3H3. The maximum absolute atomic E-state index is 4.46. The molecule has 0 bridgehead atoms. The summed E-state index contributed by atoms with van der Waals surface area (Å²) in [6, 6.07) is 0. The molecule has 1 heterocycles. The Hall–Kier alpha value is -0.410. The number of aromatic nitrogens is 1. The van der Waals surface area contributed by atoms with Crippen LogP contribution in [0.15, 0.2) is 6.20 Å². The van der Waals surface area contributed by atoms with Crippen LogP contribution in [0.5, 0.6) is 0 Å². The Labute approximate surface area is 89.8 Å². The number of thiazole rings is 1. The lowest BCUT2D eigenvalue weighted by Crippen LogP contribution is -2.34. The van der Waals surface area contributed by atoms with Gasteiger partial charge in [0, 0.05) is 29.1 Å². The van der Waals surface area contributed by atoms with Gasteiger partial charge in [-0.3, -0.25) is 0 Å². The van der Waals surface area contributed by atoms with Crippen LogP contribution in [-0.4, -0.2) is 10.5 Å². The zero-order chi connectivity index (χ0) is 10.2. The molecular formula is C11H18N2S. The minimum absolute atomic E-state index is 0.198. The molecule has 0 aliphatic heterocycles. The number of hydrogen-bond donors (Lipinski definition) is 1. The van der Waals surface area contributed by atoms with Gasteiger partial charge in [0.2, 0.25) is 0 Å². The molecule has 0 aromatic carbocycles. The highest BCUT2D eigenvalue weighted by molar-refractivity contribution is 7.11. The van der Waals surface area contributed by atoms with E-state index in [1.807, 2.05) is 17.5 Å². The monoisotopic (exact) mass is 210 g/mol. The number of nitrogens with one attached hydrogen (secondary N) is 1. The summed E-state index contributed by atoms with van der Waals surface area (Å²) < 4.78 is 0. The normalized spacial score (nSPS) is 17.4. The van der Waals surface area contributed by atoms with Crippen molar-refractivity contribution >= 4 is 11.3 Å². The average Bonchev–Trinajstić information content (AvgIpc) is 2.81. The van der Waals surface area contributed by atoms with Crippen LogP contribution in [0.25, 0.3) is 0 Å². The first kappa shape index (κ1) is 10.1. The molecule has 78 valence electrons. The van der Waals surface area contributed by atoms with Gasteiger partial charge < -0.3 is 5.32 Å². The second-order valence-electron chi connectivity index (χ2n) is 5.04. The molecule has 2 nitrogen and oxygen atoms in total. The van der Waals surface area contributed by atoms with Crippen LogP contribution in [0.2, 0.25) is 0 Å². The minimum atomic E-state index is 0.198. The summed E-state index contributed by atoms with van der Waals surface area (Å²) in [5, 5.41) is 4.82. The molecule has 0 amide bonds. The molecule has 1 fully saturated rings. The largest absolute Gasteiger partial charge is 0.307 e. The molecular weight excluding hydrogens is 192 g/mol. The third-order valence-electron chi connectivity index (χ3n) is 2.29. The zero-order valence-electron chi connectivity index (χ0n) is 9.13. The molecule has 1 aromatic rings. The van der Waals surface area contributed by atoms with Crippen LogP contribution in [0.1, 0.15) is 49.4 Å². The lowest BCUT2D eigenvalue weighted by molar-refractivity contribution is 0.426. The van der Waals surface area contributed by atoms with Crippen molar-refractivity contribution < 1.29 is 0 Å². The van der Waals surface area contributed by atoms with Gasteiger partial charge in [0.05, 0.1) is 5.01 Å². The molecule has 0 radical (unpaired) electrons. The highest BCUT2D eigenvalue weighted by Crippen LogP contribution is 2.41. The predicted octanol–water partition coefficient (Wildman–Crippen LogP) is 2.91. The smallest absolute Gasteiger partial charge is 0.0959 e. The Bertz CT molecular complexity index is 307. The van der Waals surface area contributed by atoms with Crippen LogP contribution >= 0.6 is 11.3 Å². The fraction of sp³-hybridized carbons (Fsp3) is 0.727. The minimum Gasteiger partial charge on any atom is -0.307 e. The van der Waals surface area contributed by atoms with Crippen molar-refractivity contribution in [3.63, 3.8) is 0 Å². The Morgan fingerprint density at radius 2 is 2.21 bits per heavy atom. The SMILES string of the molecule is CC(C)(C)NCc1cnc(C2CC2)s1. The molecule has 0 saturated heterocycles. The van der Waals surface area contributed by atoms with Crippen LogP contribution in [-0.2, 0) is 6.54 Å². The highest BCUT2D eigenvalue weighted by Gasteiger charge is 2.26. The Balaban J connectivity index is 1.90. The van der Waals surface area contributed by atoms with E-state index in [-0.39, 0.29) is 5.54 Å². The maximum Gasteiger partial charge on any atom is 0.0959 e. The molecule has 0 unspecified atom stereocenters. The Kier molecular flexibility index (Phi) is 2.62. The molecule has 1 saturated carbocycles. The van der Waals surface area contributed by atoms with Crippen molar-refractivity contribution in [2.75, 3.05) is 0 Å². The predicted molar refractivity (Wildman–Crippen MR) is 60.7 cm³/mol. The van der Waals surface area contributed by atoms with Crippen molar-refractivity contribution in [3.8, 4) is 0 Å². The molecule has 2 rings (SSSR count). The summed E-state index contributed by atoms with van der Waals surface area (Å²) in [7, 11) is 0. The van der Waals surface area contributed by atoms with Gasteiger partial charge >= 0.3 is 0 Å². The quantitative estimate of drug-likeness (QED) is 0.829. The van der Waals surface area contributed by atoms with E-state index in [0.717, 1.165) is 12.5 Å². The first-order valence-corrected chi connectivity index (χ1v) is 6.06. The van der Waals surface area contributed by atoms with Gasteiger partial charge in [-0.15, -0.1) is 11.3 Å². The van der Waals surface area contributed by atoms with E-state index in [4.69, 9.17) is 0 Å². The van der Waals surface area contributed by atoms with Crippen LogP contribution in [0.4, 0.5) is 0 Å². The van der Waals surface area contributed by atoms with E-state index in [2.05, 4.69) is 31.1 Å². The van der Waals surface area contributed by atoms with E-state index in [9.17, 15) is 0 Å². The van der Waals surface area contributed by atoms with Crippen molar-refractivity contribution in [3.05, 3.63) is 16.1 Å². The highest BCUT2D eigenvalue weighted by atomic mass is 32.1. The molecule has 14 heavy (non-hydrogen) atoms. The van der Waals surface area contributed by atoms with E-state index < -0.39 is 0 Å². The molecule has 1 aliphatic rings. The summed E-state index contributed by atoms with van der Waals surface area (Å²) in [5.74, 6) is 0.795. The first-order chi connectivity index (χ1) is 6.54. The maximum atomic E-state index is 4.46. The Morgan fingerprint density at radius 3 is 2.79 bits per heavy atom. The van der Waals surface area contributed by atoms with Gasteiger partial charge in [-0.25, -0.2) is 4.98 Å². The molecule has 3 heteroatoms. The van der Waals surface area contributed by atoms with E-state index in [1.54, 1.807) is 0 Å². The van der Waals surface area contributed by atoms with E-state index in [1.165, 1.54) is 22.7 Å². The van der Waals surface area contributed by atoms with Gasteiger partial charge in [0.1, 0.15) is 0 Å². The summed E-state index contributed by atoms with van der Waals surface area (Å²) in [6.45, 7) is 7.52. The van der Waals surface area contributed by atoms with Crippen molar-refractivity contribution in [1.82, 2.24) is 10.3 Å². The summed E-state index contributed by atoms with van der Waals surface area (Å²) in [6.07, 6.45) is 4.72. The lowest BCUT2D eigenvalue weighted by Gasteiger charge is -2.19. The van der Waals surface area contributed by atoms with Gasteiger partial charge in [-0.1, -0.05) is 0 Å². The fourth-order valence-corrected chi connectivity index (χ4v) is 2.30. The van der Waals surface area contributed by atoms with Crippen LogP contribution in [0.3, 0.4) is 0 Å².